The highest BCUT2D eigenvalue weighted by atomic mass is 127. The fourth-order valence-corrected chi connectivity index (χ4v) is 2.77. The number of halogens is 2. The molecule has 72 valence electrons. The van der Waals surface area contributed by atoms with Crippen LogP contribution in [-0.2, 0) is 0 Å². The van der Waals surface area contributed by atoms with E-state index in [4.69, 9.17) is 11.6 Å². The number of fused-ring (bicyclic) bond motifs is 1. The molecule has 0 spiro atoms. The summed E-state index contributed by atoms with van der Waals surface area (Å²) in [6.45, 7) is 0. The van der Waals surface area contributed by atoms with Crippen molar-refractivity contribution in [3.8, 4) is 0 Å². The molecular weight excluding hydrogens is 337 g/mol. The van der Waals surface area contributed by atoms with Crippen molar-refractivity contribution in [2.75, 3.05) is 0 Å². The van der Waals surface area contributed by atoms with Crippen LogP contribution in [0.4, 0.5) is 5.69 Å². The Hall–Kier alpha value is -0.400. The fourth-order valence-electron chi connectivity index (χ4n) is 1.15. The molecule has 0 unspecified atom stereocenters. The van der Waals surface area contributed by atoms with Crippen molar-refractivity contribution in [3.63, 3.8) is 0 Å². The summed E-state index contributed by atoms with van der Waals surface area (Å²) >= 11 is 9.30. The molecule has 1 aromatic carbocycles. The SMILES string of the molecule is O=[N+]([O-])c1csc2cc(Cl)c(I)cc12. The Kier molecular flexibility index (Phi) is 2.63. The topological polar surface area (TPSA) is 43.1 Å². The summed E-state index contributed by atoms with van der Waals surface area (Å²) in [5.74, 6) is 0. The van der Waals surface area contributed by atoms with E-state index >= 15 is 0 Å². The second kappa shape index (κ2) is 3.63. The molecule has 0 aliphatic heterocycles. The first-order chi connectivity index (χ1) is 6.59. The van der Waals surface area contributed by atoms with Gasteiger partial charge in [0.1, 0.15) is 0 Å². The van der Waals surface area contributed by atoms with Crippen molar-refractivity contribution in [1.82, 2.24) is 0 Å². The van der Waals surface area contributed by atoms with E-state index < -0.39 is 0 Å². The van der Waals surface area contributed by atoms with Gasteiger partial charge in [0, 0.05) is 8.27 Å². The van der Waals surface area contributed by atoms with Gasteiger partial charge in [-0.1, -0.05) is 11.6 Å². The zero-order chi connectivity index (χ0) is 10.3. The van der Waals surface area contributed by atoms with E-state index in [0.717, 1.165) is 8.27 Å². The van der Waals surface area contributed by atoms with E-state index in [1.165, 1.54) is 16.7 Å². The Morgan fingerprint density at radius 2 is 2.21 bits per heavy atom. The molecule has 0 N–H and O–H groups in total. The van der Waals surface area contributed by atoms with E-state index in [1.807, 2.05) is 0 Å². The summed E-state index contributed by atoms with van der Waals surface area (Å²) in [4.78, 5) is 10.3. The summed E-state index contributed by atoms with van der Waals surface area (Å²) in [5, 5.41) is 13.5. The molecule has 0 aliphatic carbocycles. The third-order valence-corrected chi connectivity index (χ3v) is 4.25. The van der Waals surface area contributed by atoms with Crippen LogP contribution in [0, 0.1) is 13.7 Å². The van der Waals surface area contributed by atoms with Crippen LogP contribution >= 0.6 is 45.5 Å². The van der Waals surface area contributed by atoms with E-state index in [9.17, 15) is 10.1 Å². The third-order valence-electron chi connectivity index (χ3n) is 1.79. The number of hydrogen-bond acceptors (Lipinski definition) is 3. The molecule has 0 bridgehead atoms. The molecule has 3 nitrogen and oxygen atoms in total. The highest BCUT2D eigenvalue weighted by Gasteiger charge is 2.15. The number of thiophene rings is 1. The van der Waals surface area contributed by atoms with Crippen molar-refractivity contribution in [2.45, 2.75) is 0 Å². The first kappa shape index (κ1) is 10.1. The third kappa shape index (κ3) is 1.59. The number of nitro groups is 1. The quantitative estimate of drug-likeness (QED) is 0.446. The van der Waals surface area contributed by atoms with E-state index in [0.29, 0.717) is 10.4 Å². The van der Waals surface area contributed by atoms with E-state index in [-0.39, 0.29) is 10.6 Å². The van der Waals surface area contributed by atoms with Gasteiger partial charge in [-0.15, -0.1) is 11.3 Å². The van der Waals surface area contributed by atoms with Crippen LogP contribution in [0.3, 0.4) is 0 Å². The number of nitrogens with zero attached hydrogens (tertiary/aromatic N) is 1. The lowest BCUT2D eigenvalue weighted by Gasteiger charge is -1.95. The van der Waals surface area contributed by atoms with Gasteiger partial charge in [0.2, 0.25) is 0 Å². The lowest BCUT2D eigenvalue weighted by atomic mass is 10.2. The van der Waals surface area contributed by atoms with Gasteiger partial charge in [-0.05, 0) is 34.7 Å². The minimum Gasteiger partial charge on any atom is -0.258 e. The summed E-state index contributed by atoms with van der Waals surface area (Å²) < 4.78 is 1.68. The van der Waals surface area contributed by atoms with Crippen molar-refractivity contribution in [2.24, 2.45) is 0 Å². The first-order valence-corrected chi connectivity index (χ1v) is 5.94. The largest absolute Gasteiger partial charge is 0.287 e. The molecule has 0 aliphatic rings. The molecule has 0 amide bonds. The van der Waals surface area contributed by atoms with Crippen molar-refractivity contribution < 1.29 is 4.92 Å². The zero-order valence-electron chi connectivity index (χ0n) is 6.66. The van der Waals surface area contributed by atoms with E-state index in [2.05, 4.69) is 22.6 Å². The van der Waals surface area contributed by atoms with Crippen LogP contribution in [0.25, 0.3) is 10.1 Å². The Morgan fingerprint density at radius 1 is 1.50 bits per heavy atom. The van der Waals surface area contributed by atoms with Gasteiger partial charge in [0.15, 0.2) is 0 Å². The normalized spacial score (nSPS) is 10.7. The maximum absolute atomic E-state index is 10.6. The molecule has 2 aromatic rings. The maximum Gasteiger partial charge on any atom is 0.287 e. The Labute approximate surface area is 102 Å². The minimum atomic E-state index is -0.372. The van der Waals surface area contributed by atoms with Crippen LogP contribution in [0.15, 0.2) is 17.5 Å². The van der Waals surface area contributed by atoms with Crippen molar-refractivity contribution in [1.29, 1.82) is 0 Å². The standard InChI is InChI=1S/C8H3ClINO2S/c9-5-2-8-4(1-6(5)10)7(3-14-8)11(12)13/h1-3H. The second-order valence-corrected chi connectivity index (χ2v) is 5.12. The molecule has 0 fully saturated rings. The number of rotatable bonds is 1. The van der Waals surface area contributed by atoms with Gasteiger partial charge < -0.3 is 0 Å². The number of benzene rings is 1. The summed E-state index contributed by atoms with van der Waals surface area (Å²) in [6, 6.07) is 3.50. The predicted octanol–water partition coefficient (Wildman–Crippen LogP) is 4.07. The van der Waals surface area contributed by atoms with Crippen LogP contribution in [0.1, 0.15) is 0 Å². The monoisotopic (exact) mass is 339 g/mol. The van der Waals surface area contributed by atoms with Crippen LogP contribution in [0.2, 0.25) is 5.02 Å². The second-order valence-electron chi connectivity index (χ2n) is 2.64. The molecule has 0 saturated heterocycles. The van der Waals surface area contributed by atoms with Gasteiger partial charge in [-0.3, -0.25) is 10.1 Å². The summed E-state index contributed by atoms with van der Waals surface area (Å²) in [5.41, 5.74) is 0.152. The van der Waals surface area contributed by atoms with Gasteiger partial charge in [-0.2, -0.15) is 0 Å². The molecule has 1 aromatic heterocycles. The Balaban J connectivity index is 2.80. The van der Waals surface area contributed by atoms with Crippen molar-refractivity contribution >= 4 is 61.3 Å². The van der Waals surface area contributed by atoms with Crippen LogP contribution in [0.5, 0.6) is 0 Å². The molecular formula is C8H3ClINO2S. The molecule has 14 heavy (non-hydrogen) atoms. The number of hydrogen-bond donors (Lipinski definition) is 0. The lowest BCUT2D eigenvalue weighted by molar-refractivity contribution is -0.382. The minimum absolute atomic E-state index is 0.152. The molecule has 1 heterocycles. The van der Waals surface area contributed by atoms with Gasteiger partial charge >= 0.3 is 0 Å². The lowest BCUT2D eigenvalue weighted by Crippen LogP contribution is -1.85. The Bertz CT molecular complexity index is 525. The van der Waals surface area contributed by atoms with E-state index in [1.54, 1.807) is 12.1 Å². The maximum atomic E-state index is 10.6. The van der Waals surface area contributed by atoms with Gasteiger partial charge in [0.05, 0.1) is 20.7 Å². The van der Waals surface area contributed by atoms with Gasteiger partial charge in [-0.25, -0.2) is 0 Å². The predicted molar refractivity (Wildman–Crippen MR) is 66.2 cm³/mol. The van der Waals surface area contributed by atoms with Crippen molar-refractivity contribution in [3.05, 3.63) is 36.2 Å². The average molecular weight is 340 g/mol. The highest BCUT2D eigenvalue weighted by Crippen LogP contribution is 2.35. The highest BCUT2D eigenvalue weighted by molar-refractivity contribution is 14.1. The zero-order valence-corrected chi connectivity index (χ0v) is 10.4. The molecule has 0 atom stereocenters. The Morgan fingerprint density at radius 3 is 2.86 bits per heavy atom. The average Bonchev–Trinajstić information content (AvgIpc) is 2.48. The fraction of sp³-hybridized carbons (Fsp3) is 0. The summed E-state index contributed by atoms with van der Waals surface area (Å²) in [6.07, 6.45) is 0. The molecule has 0 radical (unpaired) electrons. The van der Waals surface area contributed by atoms with Crippen LogP contribution in [-0.4, -0.2) is 4.92 Å². The molecule has 6 heteroatoms. The summed E-state index contributed by atoms with van der Waals surface area (Å²) in [7, 11) is 0. The smallest absolute Gasteiger partial charge is 0.258 e. The van der Waals surface area contributed by atoms with Crippen LogP contribution < -0.4 is 0 Å². The van der Waals surface area contributed by atoms with Gasteiger partial charge in [0.25, 0.3) is 5.69 Å². The molecule has 0 saturated carbocycles. The molecule has 2 rings (SSSR count). The first-order valence-electron chi connectivity index (χ1n) is 3.60.